The van der Waals surface area contributed by atoms with Crippen LogP contribution in [-0.2, 0) is 0 Å². The summed E-state index contributed by atoms with van der Waals surface area (Å²) in [5.74, 6) is 0.809. The van der Waals surface area contributed by atoms with Gasteiger partial charge in [-0.2, -0.15) is 0 Å². The maximum atomic E-state index is 5.59. The third-order valence-corrected chi connectivity index (χ3v) is 6.31. The molecular formula is C19H29N3S. The summed E-state index contributed by atoms with van der Waals surface area (Å²) in [6, 6.07) is 8.51. The van der Waals surface area contributed by atoms with E-state index in [1.165, 1.54) is 24.8 Å². The molecule has 3 rings (SSSR count). The number of benzene rings is 1. The van der Waals surface area contributed by atoms with Gasteiger partial charge in [-0.3, -0.25) is 5.01 Å². The second kappa shape index (κ2) is 6.06. The summed E-state index contributed by atoms with van der Waals surface area (Å²) in [7, 11) is 0. The first-order valence-corrected chi connectivity index (χ1v) is 9.23. The predicted molar refractivity (Wildman–Crippen MR) is 101 cm³/mol. The van der Waals surface area contributed by atoms with Crippen LogP contribution < -0.4 is 15.8 Å². The number of hydrazine groups is 1. The van der Waals surface area contributed by atoms with Crippen LogP contribution in [0.3, 0.4) is 0 Å². The summed E-state index contributed by atoms with van der Waals surface area (Å²) in [6.45, 7) is 9.24. The number of hydrogen-bond acceptors (Lipinski definition) is 2. The highest BCUT2D eigenvalue weighted by atomic mass is 32.1. The molecule has 1 saturated carbocycles. The van der Waals surface area contributed by atoms with Crippen LogP contribution in [0.4, 0.5) is 5.69 Å². The molecule has 0 unspecified atom stereocenters. The summed E-state index contributed by atoms with van der Waals surface area (Å²) in [4.78, 5) is 0. The molecule has 1 heterocycles. The molecule has 126 valence electrons. The van der Waals surface area contributed by atoms with E-state index in [-0.39, 0.29) is 5.66 Å². The van der Waals surface area contributed by atoms with Gasteiger partial charge < -0.3 is 5.32 Å². The van der Waals surface area contributed by atoms with E-state index < -0.39 is 0 Å². The molecule has 1 aliphatic heterocycles. The Morgan fingerprint density at radius 3 is 2.39 bits per heavy atom. The lowest BCUT2D eigenvalue weighted by molar-refractivity contribution is 0.0997. The van der Waals surface area contributed by atoms with Gasteiger partial charge in [-0.1, -0.05) is 44.9 Å². The first kappa shape index (κ1) is 16.7. The van der Waals surface area contributed by atoms with Gasteiger partial charge in [0.05, 0.1) is 5.69 Å². The van der Waals surface area contributed by atoms with Crippen LogP contribution in [-0.4, -0.2) is 10.8 Å². The number of nitrogens with one attached hydrogen (secondary N) is 2. The van der Waals surface area contributed by atoms with Crippen LogP contribution in [0.15, 0.2) is 24.3 Å². The standard InChI is InChI=1S/C19H29N3S/c1-5-18(3,4)15-10-12-19(13-11-15)20-17(23)22(21-19)16-8-6-14(2)7-9-16/h6-9,15,21H,5,10-13H2,1-4H3,(H,20,23). The van der Waals surface area contributed by atoms with E-state index in [1.807, 2.05) is 5.01 Å². The van der Waals surface area contributed by atoms with Crippen molar-refractivity contribution in [3.05, 3.63) is 29.8 Å². The van der Waals surface area contributed by atoms with E-state index in [9.17, 15) is 0 Å². The Bertz CT molecular complexity index is 571. The molecule has 2 aliphatic rings. The van der Waals surface area contributed by atoms with E-state index in [4.69, 9.17) is 12.2 Å². The van der Waals surface area contributed by atoms with Crippen molar-refractivity contribution in [1.82, 2.24) is 10.7 Å². The van der Waals surface area contributed by atoms with Crippen molar-refractivity contribution in [2.24, 2.45) is 11.3 Å². The molecule has 1 aromatic carbocycles. The van der Waals surface area contributed by atoms with Gasteiger partial charge in [0, 0.05) is 0 Å². The van der Waals surface area contributed by atoms with Crippen LogP contribution in [0.25, 0.3) is 0 Å². The highest BCUT2D eigenvalue weighted by molar-refractivity contribution is 7.80. The molecule has 0 bridgehead atoms. The Morgan fingerprint density at radius 2 is 1.83 bits per heavy atom. The summed E-state index contributed by atoms with van der Waals surface area (Å²) >= 11 is 5.59. The maximum absolute atomic E-state index is 5.59. The predicted octanol–water partition coefficient (Wildman–Crippen LogP) is 4.52. The summed E-state index contributed by atoms with van der Waals surface area (Å²) in [6.07, 6.45) is 6.02. The topological polar surface area (TPSA) is 27.3 Å². The average molecular weight is 332 g/mol. The molecule has 2 N–H and O–H groups in total. The van der Waals surface area contributed by atoms with E-state index >= 15 is 0 Å². The highest BCUT2D eigenvalue weighted by Crippen LogP contribution is 2.43. The van der Waals surface area contributed by atoms with Gasteiger partial charge in [0.15, 0.2) is 5.11 Å². The number of rotatable bonds is 3. The molecule has 4 heteroatoms. The molecule has 0 aromatic heterocycles. The zero-order valence-corrected chi connectivity index (χ0v) is 15.6. The van der Waals surface area contributed by atoms with Crippen LogP contribution in [0.5, 0.6) is 0 Å². The minimum absolute atomic E-state index is 0.0533. The van der Waals surface area contributed by atoms with E-state index in [2.05, 4.69) is 62.7 Å². The second-order valence-corrected chi connectivity index (χ2v) is 8.30. The van der Waals surface area contributed by atoms with Crippen LogP contribution in [0.2, 0.25) is 0 Å². The van der Waals surface area contributed by atoms with E-state index in [0.717, 1.165) is 29.6 Å². The van der Waals surface area contributed by atoms with Gasteiger partial charge in [0.25, 0.3) is 0 Å². The van der Waals surface area contributed by atoms with Gasteiger partial charge in [-0.25, -0.2) is 5.43 Å². The van der Waals surface area contributed by atoms with Crippen molar-refractivity contribution in [1.29, 1.82) is 0 Å². The molecule has 0 amide bonds. The molecule has 3 nitrogen and oxygen atoms in total. The molecule has 0 atom stereocenters. The average Bonchev–Trinajstić information content (AvgIpc) is 2.85. The number of hydrogen-bond donors (Lipinski definition) is 2. The minimum atomic E-state index is -0.0533. The summed E-state index contributed by atoms with van der Waals surface area (Å²) in [5, 5.41) is 6.40. The summed E-state index contributed by atoms with van der Waals surface area (Å²) < 4.78 is 0. The first-order valence-electron chi connectivity index (χ1n) is 8.82. The third kappa shape index (κ3) is 3.24. The Kier molecular flexibility index (Phi) is 4.41. The molecular weight excluding hydrogens is 302 g/mol. The Labute approximate surface area is 145 Å². The minimum Gasteiger partial charge on any atom is -0.342 e. The van der Waals surface area contributed by atoms with Gasteiger partial charge >= 0.3 is 0 Å². The summed E-state index contributed by atoms with van der Waals surface area (Å²) in [5.41, 5.74) is 6.43. The molecule has 1 aliphatic carbocycles. The number of anilines is 1. The van der Waals surface area contributed by atoms with Crippen LogP contribution in [0, 0.1) is 18.3 Å². The fraction of sp³-hybridized carbons (Fsp3) is 0.632. The lowest BCUT2D eigenvalue weighted by Crippen LogP contribution is -2.54. The van der Waals surface area contributed by atoms with Crippen LogP contribution >= 0.6 is 12.2 Å². The van der Waals surface area contributed by atoms with Crippen molar-refractivity contribution in [3.8, 4) is 0 Å². The lowest BCUT2D eigenvalue weighted by Gasteiger charge is -2.43. The largest absolute Gasteiger partial charge is 0.342 e. The fourth-order valence-electron chi connectivity index (χ4n) is 3.85. The monoisotopic (exact) mass is 331 g/mol. The van der Waals surface area contributed by atoms with E-state index in [1.54, 1.807) is 0 Å². The first-order chi connectivity index (χ1) is 10.9. The van der Waals surface area contributed by atoms with Gasteiger partial charge in [-0.15, -0.1) is 0 Å². The number of aryl methyl sites for hydroxylation is 1. The number of thiocarbonyl (C=S) groups is 1. The third-order valence-electron chi connectivity index (χ3n) is 6.02. The van der Waals surface area contributed by atoms with Crippen molar-refractivity contribution >= 4 is 23.0 Å². The lowest BCUT2D eigenvalue weighted by atomic mass is 9.67. The maximum Gasteiger partial charge on any atom is 0.189 e. The Balaban J connectivity index is 1.69. The SMILES string of the molecule is CCC(C)(C)C1CCC2(CC1)NC(=S)N(c1ccc(C)cc1)N2. The normalized spacial score (nSPS) is 28.3. The molecule has 1 saturated heterocycles. The van der Waals surface area contributed by atoms with Gasteiger partial charge in [-0.05, 0) is 68.3 Å². The molecule has 1 aromatic rings. The highest BCUT2D eigenvalue weighted by Gasteiger charge is 2.45. The van der Waals surface area contributed by atoms with Crippen molar-refractivity contribution in [2.45, 2.75) is 65.5 Å². The second-order valence-electron chi connectivity index (χ2n) is 7.91. The Hall–Kier alpha value is -1.13. The quantitative estimate of drug-likeness (QED) is 0.797. The molecule has 1 spiro atoms. The van der Waals surface area contributed by atoms with E-state index in [0.29, 0.717) is 5.41 Å². The van der Waals surface area contributed by atoms with Gasteiger partial charge in [0.1, 0.15) is 5.66 Å². The van der Waals surface area contributed by atoms with Crippen molar-refractivity contribution < 1.29 is 0 Å². The molecule has 2 fully saturated rings. The Morgan fingerprint density at radius 1 is 1.22 bits per heavy atom. The number of nitrogens with zero attached hydrogens (tertiary/aromatic N) is 1. The fourth-order valence-corrected chi connectivity index (χ4v) is 4.19. The van der Waals surface area contributed by atoms with Gasteiger partial charge in [0.2, 0.25) is 0 Å². The molecule has 23 heavy (non-hydrogen) atoms. The van der Waals surface area contributed by atoms with Crippen molar-refractivity contribution in [3.63, 3.8) is 0 Å². The zero-order valence-electron chi connectivity index (χ0n) is 14.8. The zero-order chi connectivity index (χ0) is 16.7. The van der Waals surface area contributed by atoms with Crippen molar-refractivity contribution in [2.75, 3.05) is 5.01 Å². The smallest absolute Gasteiger partial charge is 0.189 e. The molecule has 0 radical (unpaired) electrons. The van der Waals surface area contributed by atoms with Crippen LogP contribution in [0.1, 0.15) is 58.4 Å².